The predicted octanol–water partition coefficient (Wildman–Crippen LogP) is 5.80. The van der Waals surface area contributed by atoms with Crippen LogP contribution in [-0.4, -0.2) is 22.7 Å². The predicted molar refractivity (Wildman–Crippen MR) is 147 cm³/mol. The number of hydrogen-bond donors (Lipinski definition) is 4. The van der Waals surface area contributed by atoms with Gasteiger partial charge in [0.05, 0.1) is 11.7 Å². The Kier molecular flexibility index (Phi) is 7.55. The van der Waals surface area contributed by atoms with Crippen molar-refractivity contribution in [2.45, 2.75) is 45.2 Å². The SMILES string of the molecule is CC(C)(C)NC(=O)Oc1ccccc1NC(=O)c1ccc2c(c1)CCC2NC(=S)Nc1ccccc1. The van der Waals surface area contributed by atoms with Crippen LogP contribution in [-0.2, 0) is 6.42 Å². The lowest BCUT2D eigenvalue weighted by Crippen LogP contribution is -2.42. The van der Waals surface area contributed by atoms with E-state index in [1.54, 1.807) is 30.3 Å². The molecule has 0 radical (unpaired) electrons. The van der Waals surface area contributed by atoms with Gasteiger partial charge in [-0.25, -0.2) is 4.79 Å². The first-order valence-electron chi connectivity index (χ1n) is 11.8. The smallest absolute Gasteiger partial charge is 0.408 e. The summed E-state index contributed by atoms with van der Waals surface area (Å²) in [4.78, 5) is 25.2. The largest absolute Gasteiger partial charge is 0.413 e. The summed E-state index contributed by atoms with van der Waals surface area (Å²) in [6, 6.07) is 22.4. The second-order valence-electron chi connectivity index (χ2n) is 9.68. The Bertz CT molecular complexity index is 1270. The van der Waals surface area contributed by atoms with Crippen molar-refractivity contribution in [3.8, 4) is 5.75 Å². The average molecular weight is 503 g/mol. The van der Waals surface area contributed by atoms with Crippen LogP contribution in [0.5, 0.6) is 5.75 Å². The standard InChI is InChI=1S/C28H30N4O3S/c1-28(2,3)32-27(34)35-24-12-8-7-11-23(24)30-25(33)19-13-15-21-18(17-19)14-16-22(21)31-26(36)29-20-9-5-4-6-10-20/h4-13,15,17,22H,14,16H2,1-3H3,(H,30,33)(H,32,34)(H2,29,31,36). The minimum Gasteiger partial charge on any atom is -0.408 e. The molecule has 0 aromatic heterocycles. The van der Waals surface area contributed by atoms with Crippen LogP contribution in [0.15, 0.2) is 72.8 Å². The fraction of sp³-hybridized carbons (Fsp3) is 0.250. The summed E-state index contributed by atoms with van der Waals surface area (Å²) in [6.45, 7) is 5.59. The van der Waals surface area contributed by atoms with E-state index in [1.807, 2.05) is 63.2 Å². The minimum absolute atomic E-state index is 0.0799. The van der Waals surface area contributed by atoms with Crippen molar-refractivity contribution >= 4 is 40.7 Å². The molecular weight excluding hydrogens is 472 g/mol. The maximum Gasteiger partial charge on any atom is 0.413 e. The lowest BCUT2D eigenvalue weighted by atomic mass is 10.0. The zero-order chi connectivity index (χ0) is 25.7. The number of carbonyl (C=O) groups is 2. The summed E-state index contributed by atoms with van der Waals surface area (Å²) in [5, 5.41) is 12.8. The Morgan fingerprint density at radius 1 is 0.944 bits per heavy atom. The number of nitrogens with one attached hydrogen (secondary N) is 4. The van der Waals surface area contributed by atoms with Crippen LogP contribution >= 0.6 is 12.2 Å². The van der Waals surface area contributed by atoms with E-state index in [4.69, 9.17) is 17.0 Å². The maximum atomic E-state index is 13.0. The van der Waals surface area contributed by atoms with Gasteiger partial charge in [-0.3, -0.25) is 4.79 Å². The molecule has 0 bridgehead atoms. The van der Waals surface area contributed by atoms with Crippen LogP contribution in [0, 0.1) is 0 Å². The van der Waals surface area contributed by atoms with E-state index in [-0.39, 0.29) is 17.7 Å². The van der Waals surface area contributed by atoms with E-state index >= 15 is 0 Å². The molecule has 8 heteroatoms. The second kappa shape index (κ2) is 10.8. The second-order valence-corrected chi connectivity index (χ2v) is 10.1. The molecule has 0 saturated carbocycles. The van der Waals surface area contributed by atoms with Gasteiger partial charge in [0, 0.05) is 16.8 Å². The highest BCUT2D eigenvalue weighted by atomic mass is 32.1. The molecule has 0 saturated heterocycles. The Balaban J connectivity index is 1.41. The number of para-hydroxylation sites is 3. The number of aryl methyl sites for hydroxylation is 1. The first-order valence-corrected chi connectivity index (χ1v) is 12.2. The van der Waals surface area contributed by atoms with Crippen molar-refractivity contribution in [2.75, 3.05) is 10.6 Å². The number of carbonyl (C=O) groups excluding carboxylic acids is 2. The first kappa shape index (κ1) is 25.2. The molecular formula is C28H30N4O3S. The van der Waals surface area contributed by atoms with Crippen molar-refractivity contribution in [3.05, 3.63) is 89.5 Å². The van der Waals surface area contributed by atoms with Crippen molar-refractivity contribution in [1.82, 2.24) is 10.6 Å². The number of anilines is 2. The number of ether oxygens (including phenoxy) is 1. The first-order chi connectivity index (χ1) is 17.2. The monoisotopic (exact) mass is 502 g/mol. The molecule has 1 unspecified atom stereocenters. The van der Waals surface area contributed by atoms with Gasteiger partial charge in [0.1, 0.15) is 0 Å². The number of thiocarbonyl (C=S) groups is 1. The van der Waals surface area contributed by atoms with E-state index < -0.39 is 11.6 Å². The highest BCUT2D eigenvalue weighted by Crippen LogP contribution is 2.32. The topological polar surface area (TPSA) is 91.5 Å². The van der Waals surface area contributed by atoms with Crippen LogP contribution in [0.1, 0.15) is 54.7 Å². The molecule has 3 aromatic carbocycles. The normalized spacial score (nSPS) is 14.4. The summed E-state index contributed by atoms with van der Waals surface area (Å²) < 4.78 is 5.43. The van der Waals surface area contributed by atoms with Gasteiger partial charge < -0.3 is 26.0 Å². The molecule has 4 rings (SSSR count). The van der Waals surface area contributed by atoms with Gasteiger partial charge in [0.15, 0.2) is 10.9 Å². The van der Waals surface area contributed by atoms with Crippen molar-refractivity contribution in [3.63, 3.8) is 0 Å². The van der Waals surface area contributed by atoms with Crippen LogP contribution in [0.2, 0.25) is 0 Å². The summed E-state index contributed by atoms with van der Waals surface area (Å²) in [6.07, 6.45) is 1.14. The fourth-order valence-corrected chi connectivity index (χ4v) is 4.30. The molecule has 0 heterocycles. The zero-order valence-corrected chi connectivity index (χ0v) is 21.4. The van der Waals surface area contributed by atoms with Gasteiger partial charge in [-0.15, -0.1) is 0 Å². The zero-order valence-electron chi connectivity index (χ0n) is 20.6. The quantitative estimate of drug-likeness (QED) is 0.330. The average Bonchev–Trinajstić information content (AvgIpc) is 3.21. The molecule has 2 amide bonds. The Morgan fingerprint density at radius 3 is 2.42 bits per heavy atom. The highest BCUT2D eigenvalue weighted by Gasteiger charge is 2.24. The van der Waals surface area contributed by atoms with Gasteiger partial charge in [-0.05, 0) is 93.4 Å². The van der Waals surface area contributed by atoms with Gasteiger partial charge in [-0.1, -0.05) is 36.4 Å². The molecule has 0 fully saturated rings. The third-order valence-electron chi connectivity index (χ3n) is 5.63. The van der Waals surface area contributed by atoms with E-state index in [0.717, 1.165) is 29.7 Å². The molecule has 3 aromatic rings. The molecule has 1 aliphatic carbocycles. The number of amides is 2. The summed E-state index contributed by atoms with van der Waals surface area (Å²) in [7, 11) is 0. The molecule has 1 atom stereocenters. The number of rotatable bonds is 5. The summed E-state index contributed by atoms with van der Waals surface area (Å²) >= 11 is 5.49. The van der Waals surface area contributed by atoms with E-state index in [2.05, 4.69) is 21.3 Å². The highest BCUT2D eigenvalue weighted by molar-refractivity contribution is 7.80. The number of benzene rings is 3. The summed E-state index contributed by atoms with van der Waals surface area (Å²) in [5.41, 5.74) is 3.69. The van der Waals surface area contributed by atoms with Gasteiger partial charge in [0.25, 0.3) is 5.91 Å². The van der Waals surface area contributed by atoms with Crippen LogP contribution in [0.25, 0.3) is 0 Å². The number of hydrogen-bond acceptors (Lipinski definition) is 4. The number of fused-ring (bicyclic) bond motifs is 1. The summed E-state index contributed by atoms with van der Waals surface area (Å²) in [5.74, 6) is 0.000191. The Morgan fingerprint density at radius 2 is 1.67 bits per heavy atom. The Hall–Kier alpha value is -3.91. The fourth-order valence-electron chi connectivity index (χ4n) is 4.04. The van der Waals surface area contributed by atoms with E-state index in [0.29, 0.717) is 16.4 Å². The van der Waals surface area contributed by atoms with E-state index in [1.165, 1.54) is 0 Å². The third kappa shape index (κ3) is 6.60. The third-order valence-corrected chi connectivity index (χ3v) is 5.85. The molecule has 4 N–H and O–H groups in total. The molecule has 0 aliphatic heterocycles. The molecule has 36 heavy (non-hydrogen) atoms. The van der Waals surface area contributed by atoms with Crippen LogP contribution in [0.4, 0.5) is 16.2 Å². The van der Waals surface area contributed by atoms with Crippen molar-refractivity contribution < 1.29 is 14.3 Å². The van der Waals surface area contributed by atoms with Crippen LogP contribution in [0.3, 0.4) is 0 Å². The Labute approximate surface area is 216 Å². The molecule has 186 valence electrons. The van der Waals surface area contributed by atoms with Gasteiger partial charge >= 0.3 is 6.09 Å². The lowest BCUT2D eigenvalue weighted by Gasteiger charge is -2.20. The molecule has 7 nitrogen and oxygen atoms in total. The lowest BCUT2D eigenvalue weighted by molar-refractivity contribution is 0.102. The van der Waals surface area contributed by atoms with E-state index in [9.17, 15) is 9.59 Å². The minimum atomic E-state index is -0.583. The van der Waals surface area contributed by atoms with Crippen LogP contribution < -0.4 is 26.0 Å². The van der Waals surface area contributed by atoms with Crippen molar-refractivity contribution in [1.29, 1.82) is 0 Å². The maximum absolute atomic E-state index is 13.0. The molecule has 0 spiro atoms. The van der Waals surface area contributed by atoms with Gasteiger partial charge in [-0.2, -0.15) is 0 Å². The van der Waals surface area contributed by atoms with Gasteiger partial charge in [0.2, 0.25) is 0 Å². The van der Waals surface area contributed by atoms with Crippen molar-refractivity contribution in [2.24, 2.45) is 0 Å². The molecule has 1 aliphatic rings.